The third-order valence-electron chi connectivity index (χ3n) is 11.5. The van der Waals surface area contributed by atoms with E-state index in [-0.39, 0.29) is 41.9 Å². The zero-order valence-electron chi connectivity index (χ0n) is 33.8. The summed E-state index contributed by atoms with van der Waals surface area (Å²) in [5, 5.41) is 16.4. The fourth-order valence-electron chi connectivity index (χ4n) is 7.83. The molecule has 1 saturated carbocycles. The summed E-state index contributed by atoms with van der Waals surface area (Å²) in [7, 11) is 0. The van der Waals surface area contributed by atoms with Crippen LogP contribution in [0.15, 0.2) is 52.5 Å². The highest BCUT2D eigenvalue weighted by molar-refractivity contribution is 5.98. The van der Waals surface area contributed by atoms with Gasteiger partial charge in [-0.05, 0) is 99.7 Å². The molecule has 1 saturated heterocycles. The molecule has 2 fully saturated rings. The molecule has 0 radical (unpaired) electrons. The molecule has 7 N–H and O–H groups in total. The van der Waals surface area contributed by atoms with Crippen LogP contribution in [0, 0.1) is 5.41 Å². The molecule has 1 aliphatic heterocycles. The number of hydrogen-bond donors (Lipinski definition) is 5. The number of ether oxygens (including phenoxy) is 1. The van der Waals surface area contributed by atoms with E-state index >= 15 is 0 Å². The largest absolute Gasteiger partial charge is 0.480 e. The van der Waals surface area contributed by atoms with Crippen molar-refractivity contribution in [3.05, 3.63) is 69.8 Å². The summed E-state index contributed by atoms with van der Waals surface area (Å²) >= 11 is 0. The van der Waals surface area contributed by atoms with Gasteiger partial charge in [0.15, 0.2) is 11.5 Å². The molecule has 1 atom stereocenters. The highest BCUT2D eigenvalue weighted by Crippen LogP contribution is 2.45. The smallest absolute Gasteiger partial charge is 0.328 e. The van der Waals surface area contributed by atoms with Crippen molar-refractivity contribution in [3.8, 4) is 5.88 Å². The molecule has 6 rings (SSSR count). The Morgan fingerprint density at radius 2 is 1.78 bits per heavy atom. The van der Waals surface area contributed by atoms with E-state index in [9.17, 15) is 14.4 Å². The highest BCUT2D eigenvalue weighted by atomic mass is 16.6. The number of likely N-dealkylation sites (tertiary alicyclic amines) is 1. The Labute approximate surface area is 338 Å². The van der Waals surface area contributed by atoms with E-state index in [0.717, 1.165) is 113 Å². The molecule has 58 heavy (non-hydrogen) atoms. The van der Waals surface area contributed by atoms with Crippen molar-refractivity contribution in [2.75, 3.05) is 37.3 Å². The minimum atomic E-state index is -1.02. The first-order valence-corrected chi connectivity index (χ1v) is 20.7. The summed E-state index contributed by atoms with van der Waals surface area (Å²) in [6.45, 7) is 7.08. The molecule has 3 aromatic heterocycles. The number of imidazole rings is 1. The second-order valence-corrected chi connectivity index (χ2v) is 15.8. The summed E-state index contributed by atoms with van der Waals surface area (Å²) in [6, 6.07) is 10.3. The number of fused-ring (bicyclic) bond motifs is 1. The summed E-state index contributed by atoms with van der Waals surface area (Å²) in [5.41, 5.74) is 15.9. The lowest BCUT2D eigenvalue weighted by Gasteiger charge is -2.45. The molecule has 16 nitrogen and oxygen atoms in total. The standard InChI is InChI=1S/C42H58N10O6/c1-3-4-21-45-40-48-37(44)36-38(49-40)52(41(56)47-36)27-30-11-14-34(46-26-30)58-32-15-17-42(18-16-32)19-22-51(23-20-42)35(53)8-6-5-7-24-57-50-28(2)31-12-9-29(10-13-31)25-33(43)39(54)55/h9-14,26,32-33H,3-8,15-25,27,43H2,1-2H3,(H,47,56)(H,54,55)(H3,44,45,48,49)/t33-/m0/s1. The summed E-state index contributed by atoms with van der Waals surface area (Å²) in [6.07, 6.45) is 13.3. The molecule has 1 aliphatic carbocycles. The monoisotopic (exact) mass is 798 g/mol. The first kappa shape index (κ1) is 42.1. The third kappa shape index (κ3) is 11.1. The maximum absolute atomic E-state index is 13.0. The Morgan fingerprint density at radius 1 is 1.03 bits per heavy atom. The number of piperidine rings is 1. The van der Waals surface area contributed by atoms with E-state index in [1.165, 1.54) is 0 Å². The number of carboxylic acid groups (broad SMARTS) is 1. The number of amides is 1. The number of aliphatic carboxylic acids is 1. The van der Waals surface area contributed by atoms with Gasteiger partial charge >= 0.3 is 11.7 Å². The highest BCUT2D eigenvalue weighted by Gasteiger charge is 2.39. The van der Waals surface area contributed by atoms with E-state index in [4.69, 9.17) is 26.1 Å². The first-order chi connectivity index (χ1) is 28.0. The second kappa shape index (κ2) is 19.8. The average molecular weight is 799 g/mol. The number of hydrogen-bond acceptors (Lipinski definition) is 12. The lowest BCUT2D eigenvalue weighted by molar-refractivity contribution is -0.138. The number of benzene rings is 1. The number of anilines is 2. The number of carbonyl (C=O) groups excluding carboxylic acids is 1. The quantitative estimate of drug-likeness (QED) is 0.0466. The van der Waals surface area contributed by atoms with Gasteiger partial charge in [-0.15, -0.1) is 0 Å². The number of oxime groups is 1. The van der Waals surface area contributed by atoms with Crippen molar-refractivity contribution in [3.63, 3.8) is 0 Å². The number of pyridine rings is 1. The molecule has 4 heterocycles. The van der Waals surface area contributed by atoms with Gasteiger partial charge in [0.05, 0.1) is 12.3 Å². The maximum atomic E-state index is 13.0. The van der Waals surface area contributed by atoms with E-state index in [2.05, 4.69) is 37.3 Å². The van der Waals surface area contributed by atoms with Crippen LogP contribution in [0.5, 0.6) is 5.88 Å². The lowest BCUT2D eigenvalue weighted by atomic mass is 9.67. The molecule has 4 aromatic rings. The van der Waals surface area contributed by atoms with Crippen LogP contribution in [0.2, 0.25) is 0 Å². The lowest BCUT2D eigenvalue weighted by Crippen LogP contribution is -2.45. The van der Waals surface area contributed by atoms with Crippen molar-refractivity contribution in [1.82, 2.24) is 29.4 Å². The minimum Gasteiger partial charge on any atom is -0.480 e. The number of nitrogens with one attached hydrogen (secondary N) is 2. The van der Waals surface area contributed by atoms with Crippen molar-refractivity contribution in [2.24, 2.45) is 16.3 Å². The topological polar surface area (TPSA) is 229 Å². The zero-order valence-corrected chi connectivity index (χ0v) is 33.8. The minimum absolute atomic E-state index is 0.0973. The van der Waals surface area contributed by atoms with Crippen LogP contribution in [0.3, 0.4) is 0 Å². The molecular weight excluding hydrogens is 741 g/mol. The maximum Gasteiger partial charge on any atom is 0.328 e. The number of carboxylic acids is 1. The number of rotatable bonds is 19. The number of aromatic nitrogens is 5. The van der Waals surface area contributed by atoms with Gasteiger partial charge in [0.2, 0.25) is 17.7 Å². The number of nitrogens with two attached hydrogens (primary N) is 2. The molecule has 0 unspecified atom stereocenters. The summed E-state index contributed by atoms with van der Waals surface area (Å²) in [4.78, 5) is 60.6. The Kier molecular flexibility index (Phi) is 14.3. The molecule has 2 aliphatic rings. The zero-order chi connectivity index (χ0) is 41.1. The van der Waals surface area contributed by atoms with Crippen LogP contribution in [0.1, 0.15) is 108 Å². The number of nitrogen functional groups attached to an aromatic ring is 1. The van der Waals surface area contributed by atoms with Gasteiger partial charge in [-0.1, -0.05) is 48.8 Å². The Bertz CT molecular complexity index is 2060. The molecule has 312 valence electrons. The van der Waals surface area contributed by atoms with Crippen molar-refractivity contribution in [2.45, 2.75) is 116 Å². The van der Waals surface area contributed by atoms with Gasteiger partial charge in [0.1, 0.15) is 24.3 Å². The molecule has 1 aromatic carbocycles. The van der Waals surface area contributed by atoms with Crippen LogP contribution in [0.25, 0.3) is 11.2 Å². The van der Waals surface area contributed by atoms with Crippen molar-refractivity contribution < 1.29 is 24.3 Å². The second-order valence-electron chi connectivity index (χ2n) is 15.8. The molecule has 0 bridgehead atoms. The van der Waals surface area contributed by atoms with Crippen LogP contribution < -0.4 is 27.2 Å². The SMILES string of the molecule is CCCCNc1nc(N)c2[nH]c(=O)n(Cc3ccc(OC4CCC5(CC4)CCN(C(=O)CCCCCON=C(C)c4ccc(C[C@H](N)C(=O)O)cc4)CC5)nc3)c2n1. The van der Waals surface area contributed by atoms with Gasteiger partial charge < -0.3 is 41.3 Å². The predicted molar refractivity (Wildman–Crippen MR) is 223 cm³/mol. The molecule has 1 amide bonds. The molecular formula is C42H58N10O6. The van der Waals surface area contributed by atoms with Gasteiger partial charge in [0, 0.05) is 38.3 Å². The van der Waals surface area contributed by atoms with Gasteiger partial charge in [-0.2, -0.15) is 9.97 Å². The number of H-pyrrole nitrogens is 1. The van der Waals surface area contributed by atoms with Gasteiger partial charge in [-0.3, -0.25) is 14.2 Å². The molecule has 1 spiro atoms. The summed E-state index contributed by atoms with van der Waals surface area (Å²) < 4.78 is 7.86. The third-order valence-corrected chi connectivity index (χ3v) is 11.5. The van der Waals surface area contributed by atoms with Gasteiger partial charge in [-0.25, -0.2) is 9.78 Å². The van der Waals surface area contributed by atoms with Gasteiger partial charge in [0.25, 0.3) is 0 Å². The Balaban J connectivity index is 0.863. The fourth-order valence-corrected chi connectivity index (χ4v) is 7.83. The number of carbonyl (C=O) groups is 2. The average Bonchev–Trinajstić information content (AvgIpc) is 3.54. The van der Waals surface area contributed by atoms with Crippen LogP contribution in [-0.2, 0) is 27.4 Å². The molecule has 16 heteroatoms. The van der Waals surface area contributed by atoms with E-state index in [0.29, 0.717) is 36.0 Å². The number of nitrogens with zero attached hydrogens (tertiary/aromatic N) is 6. The normalized spacial score (nSPS) is 16.4. The van der Waals surface area contributed by atoms with E-state index in [1.807, 2.05) is 48.2 Å². The summed E-state index contributed by atoms with van der Waals surface area (Å²) in [5.74, 6) is 0.416. The Morgan fingerprint density at radius 3 is 2.47 bits per heavy atom. The van der Waals surface area contributed by atoms with Crippen molar-refractivity contribution in [1.29, 1.82) is 0 Å². The van der Waals surface area contributed by atoms with E-state index < -0.39 is 12.0 Å². The van der Waals surface area contributed by atoms with Crippen LogP contribution in [-0.4, -0.2) is 90.5 Å². The van der Waals surface area contributed by atoms with Crippen molar-refractivity contribution >= 4 is 40.5 Å². The predicted octanol–water partition coefficient (Wildman–Crippen LogP) is 5.24. The fraction of sp³-hybridized carbons (Fsp3) is 0.548. The van der Waals surface area contributed by atoms with Crippen LogP contribution >= 0.6 is 0 Å². The van der Waals surface area contributed by atoms with Crippen LogP contribution in [0.4, 0.5) is 11.8 Å². The first-order valence-electron chi connectivity index (χ1n) is 20.7. The van der Waals surface area contributed by atoms with E-state index in [1.54, 1.807) is 10.8 Å². The number of aromatic amines is 1. The Hall–Kier alpha value is -5.51. The number of unbranched alkanes of at least 4 members (excludes halogenated alkanes) is 3.